The van der Waals surface area contributed by atoms with Crippen LogP contribution in [-0.4, -0.2) is 87.6 Å². The normalized spacial score (nSPS) is 16.5. The zero-order valence-electron chi connectivity index (χ0n) is 20.0. The van der Waals surface area contributed by atoms with Crippen molar-refractivity contribution in [2.75, 3.05) is 59.4 Å². The van der Waals surface area contributed by atoms with Crippen LogP contribution < -0.4 is 20.1 Å². The first-order valence-electron chi connectivity index (χ1n) is 11.7. The van der Waals surface area contributed by atoms with Crippen LogP contribution in [-0.2, 0) is 4.79 Å². The highest BCUT2D eigenvalue weighted by Crippen LogP contribution is 2.44. The van der Waals surface area contributed by atoms with Crippen molar-refractivity contribution >= 4 is 40.1 Å². The number of carbonyl (C=O) groups is 3. The smallest absolute Gasteiger partial charge is 0.415 e. The maximum Gasteiger partial charge on any atom is 0.415 e. The number of benzene rings is 2. The number of likely N-dealkylation sites (N-methyl/N-ethyl adjacent to an activating group) is 1. The fourth-order valence-corrected chi connectivity index (χ4v) is 4.10. The second-order valence-corrected chi connectivity index (χ2v) is 8.49. The van der Waals surface area contributed by atoms with Gasteiger partial charge in [-0.15, -0.1) is 0 Å². The molecule has 3 aromatic rings. The Morgan fingerprint density at radius 3 is 2.09 bits per heavy atom. The minimum absolute atomic E-state index is 0.0838. The summed E-state index contributed by atoms with van der Waals surface area (Å²) in [6.07, 6.45) is -0.502. The summed E-state index contributed by atoms with van der Waals surface area (Å²) in [4.78, 5) is 39.5. The number of nitrogens with zero attached hydrogens (tertiary/aromatic N) is 2. The summed E-state index contributed by atoms with van der Waals surface area (Å²) in [5.41, 5.74) is 0.184. The number of rotatable bonds is 4. The molecule has 3 heterocycles. The van der Waals surface area contributed by atoms with Crippen LogP contribution in [0.25, 0.3) is 21.7 Å². The summed E-state index contributed by atoms with van der Waals surface area (Å²) in [5.74, 6) is 0.232. The Hall–Kier alpha value is -3.47. The molecule has 0 radical (unpaired) electrons. The molecule has 5 rings (SSSR count). The summed E-state index contributed by atoms with van der Waals surface area (Å²) >= 11 is 0. The molecule has 0 bridgehead atoms. The topological polar surface area (TPSA) is 113 Å². The number of furan rings is 1. The van der Waals surface area contributed by atoms with Crippen LogP contribution in [0.4, 0.5) is 4.79 Å². The van der Waals surface area contributed by atoms with E-state index in [9.17, 15) is 14.4 Å². The van der Waals surface area contributed by atoms with Crippen molar-refractivity contribution in [3.63, 3.8) is 0 Å². The van der Waals surface area contributed by atoms with Gasteiger partial charge in [-0.2, -0.15) is 0 Å². The lowest BCUT2D eigenvalue weighted by Gasteiger charge is -2.26. The first-order chi connectivity index (χ1) is 17.0. The van der Waals surface area contributed by atoms with Crippen molar-refractivity contribution < 1.29 is 28.3 Å². The number of ether oxygens (including phenoxy) is 2. The van der Waals surface area contributed by atoms with Gasteiger partial charge in [0.2, 0.25) is 0 Å². The highest BCUT2D eigenvalue weighted by atomic mass is 16.6. The number of piperazine rings is 2. The largest absolute Gasteiger partial charge is 0.449 e. The van der Waals surface area contributed by atoms with Gasteiger partial charge in [0.05, 0.1) is 5.39 Å². The monoisotopic (exact) mass is 482 g/mol. The number of hydrogen-bond donors (Lipinski definition) is 2. The summed E-state index contributed by atoms with van der Waals surface area (Å²) in [6, 6.07) is 8.53. The fraction of sp³-hybridized carbons (Fsp3) is 0.400. The molecule has 10 heteroatoms. The standard InChI is InChI=1S/C20H18N2O6.C5H12N2/c1-12(24)16-10-15-17(26-11-23)13-4-2-3-5-14(13)18(19(15)27-16)28-20(25)22-8-6-21-7-9-22;1-7-4-2-6-3-5-7/h2-5,10-11,21H,6-9H2,1H3;6H,2-5H2,1H3. The molecule has 10 nitrogen and oxygen atoms in total. The van der Waals surface area contributed by atoms with Crippen molar-refractivity contribution in [2.24, 2.45) is 0 Å². The van der Waals surface area contributed by atoms with E-state index in [2.05, 4.69) is 22.6 Å². The quantitative estimate of drug-likeness (QED) is 0.427. The van der Waals surface area contributed by atoms with E-state index in [-0.39, 0.29) is 28.6 Å². The van der Waals surface area contributed by atoms with Crippen LogP contribution in [0.15, 0.2) is 34.7 Å². The molecule has 0 atom stereocenters. The molecule has 2 N–H and O–H groups in total. The Balaban J connectivity index is 0.000000356. The number of carbonyl (C=O) groups excluding carboxylic acids is 3. The number of nitrogens with one attached hydrogen (secondary N) is 2. The summed E-state index contributed by atoms with van der Waals surface area (Å²) < 4.78 is 16.6. The SMILES string of the molecule is CC(=O)c1cc2c(OC=O)c3ccccc3c(OC(=O)N3CCNCC3)c2o1.CN1CCNCC1. The van der Waals surface area contributed by atoms with Gasteiger partial charge in [-0.3, -0.25) is 9.59 Å². The van der Waals surface area contributed by atoms with Gasteiger partial charge in [0.1, 0.15) is 5.75 Å². The molecule has 186 valence electrons. The average Bonchev–Trinajstić information content (AvgIpc) is 3.33. The van der Waals surface area contributed by atoms with E-state index < -0.39 is 6.09 Å². The van der Waals surface area contributed by atoms with Gasteiger partial charge in [0.15, 0.2) is 22.9 Å². The zero-order chi connectivity index (χ0) is 24.8. The number of amides is 1. The maximum atomic E-state index is 12.7. The summed E-state index contributed by atoms with van der Waals surface area (Å²) in [7, 11) is 2.15. The molecule has 2 saturated heterocycles. The number of ketones is 1. The third-order valence-corrected chi connectivity index (χ3v) is 6.02. The van der Waals surface area contributed by atoms with E-state index in [1.54, 1.807) is 29.2 Å². The van der Waals surface area contributed by atoms with Gasteiger partial charge >= 0.3 is 6.09 Å². The third kappa shape index (κ3) is 5.61. The Labute approximate surface area is 203 Å². The lowest BCUT2D eigenvalue weighted by molar-refractivity contribution is -0.120. The van der Waals surface area contributed by atoms with E-state index in [1.165, 1.54) is 26.1 Å². The van der Waals surface area contributed by atoms with Crippen molar-refractivity contribution in [1.29, 1.82) is 0 Å². The molecule has 0 aliphatic carbocycles. The van der Waals surface area contributed by atoms with E-state index >= 15 is 0 Å². The molecular weight excluding hydrogens is 452 g/mol. The lowest BCUT2D eigenvalue weighted by atomic mass is 10.1. The molecule has 0 unspecified atom stereocenters. The van der Waals surface area contributed by atoms with Crippen molar-refractivity contribution in [3.8, 4) is 11.5 Å². The molecule has 2 aliphatic rings. The number of hydrogen-bond acceptors (Lipinski definition) is 9. The third-order valence-electron chi connectivity index (χ3n) is 6.02. The van der Waals surface area contributed by atoms with E-state index in [0.29, 0.717) is 48.8 Å². The highest BCUT2D eigenvalue weighted by molar-refractivity contribution is 6.12. The molecule has 1 aromatic heterocycles. The Bertz CT molecular complexity index is 1210. The van der Waals surface area contributed by atoms with Crippen molar-refractivity contribution in [2.45, 2.75) is 6.92 Å². The summed E-state index contributed by atoms with van der Waals surface area (Å²) in [6.45, 7) is 8.86. The first kappa shape index (κ1) is 24.6. The predicted molar refractivity (Wildman–Crippen MR) is 131 cm³/mol. The molecule has 0 spiro atoms. The van der Waals surface area contributed by atoms with Gasteiger partial charge < -0.3 is 34.3 Å². The van der Waals surface area contributed by atoms with Crippen LogP contribution in [0.1, 0.15) is 17.5 Å². The van der Waals surface area contributed by atoms with Gasteiger partial charge in [0.25, 0.3) is 6.47 Å². The molecule has 35 heavy (non-hydrogen) atoms. The van der Waals surface area contributed by atoms with E-state index in [1.807, 2.05) is 0 Å². The second-order valence-electron chi connectivity index (χ2n) is 8.49. The molecular formula is C25H30N4O6. The molecule has 2 aromatic carbocycles. The zero-order valence-corrected chi connectivity index (χ0v) is 20.0. The lowest BCUT2D eigenvalue weighted by Crippen LogP contribution is -2.47. The maximum absolute atomic E-state index is 12.7. The van der Waals surface area contributed by atoms with Gasteiger partial charge in [-0.25, -0.2) is 4.79 Å². The number of Topliss-reactive ketones (excluding diaryl/α,β-unsaturated/α-hetero) is 1. The van der Waals surface area contributed by atoms with Crippen LogP contribution in [0.3, 0.4) is 0 Å². The average molecular weight is 483 g/mol. The second kappa shape index (κ2) is 11.3. The molecule has 2 aliphatic heterocycles. The van der Waals surface area contributed by atoms with E-state index in [4.69, 9.17) is 13.9 Å². The Morgan fingerprint density at radius 2 is 1.54 bits per heavy atom. The van der Waals surface area contributed by atoms with Gasteiger partial charge in [0, 0.05) is 70.1 Å². The first-order valence-corrected chi connectivity index (χ1v) is 11.7. The molecule has 1 amide bonds. The van der Waals surface area contributed by atoms with E-state index in [0.717, 1.165) is 13.1 Å². The fourth-order valence-electron chi connectivity index (χ4n) is 4.10. The minimum atomic E-state index is -0.502. The highest BCUT2D eigenvalue weighted by Gasteiger charge is 2.26. The predicted octanol–water partition coefficient (Wildman–Crippen LogP) is 2.25. The van der Waals surface area contributed by atoms with Crippen LogP contribution in [0, 0.1) is 0 Å². The van der Waals surface area contributed by atoms with Crippen molar-refractivity contribution in [1.82, 2.24) is 20.4 Å². The Morgan fingerprint density at radius 1 is 0.943 bits per heavy atom. The minimum Gasteiger partial charge on any atom is -0.449 e. The van der Waals surface area contributed by atoms with Crippen molar-refractivity contribution in [3.05, 3.63) is 36.1 Å². The van der Waals surface area contributed by atoms with Gasteiger partial charge in [-0.05, 0) is 13.1 Å². The molecule has 2 fully saturated rings. The van der Waals surface area contributed by atoms with Gasteiger partial charge in [-0.1, -0.05) is 24.3 Å². The molecule has 0 saturated carbocycles. The van der Waals surface area contributed by atoms with Crippen LogP contribution in [0.5, 0.6) is 11.5 Å². The van der Waals surface area contributed by atoms with Crippen LogP contribution >= 0.6 is 0 Å². The Kier molecular flexibility index (Phi) is 7.96. The van der Waals surface area contributed by atoms with Crippen LogP contribution in [0.2, 0.25) is 0 Å². The number of fused-ring (bicyclic) bond motifs is 2. The summed E-state index contributed by atoms with van der Waals surface area (Å²) in [5, 5.41) is 7.95.